The van der Waals surface area contributed by atoms with Crippen molar-refractivity contribution >= 4 is 34.7 Å². The Morgan fingerprint density at radius 3 is 2.86 bits per heavy atom. The minimum atomic E-state index is 0.223. The van der Waals surface area contributed by atoms with Crippen LogP contribution in [0.2, 0.25) is 5.02 Å². The van der Waals surface area contributed by atoms with Gasteiger partial charge in [0.1, 0.15) is 4.99 Å². The molecule has 0 aromatic heterocycles. The predicted octanol–water partition coefficient (Wildman–Crippen LogP) is 3.51. The van der Waals surface area contributed by atoms with Gasteiger partial charge in [-0.1, -0.05) is 49.3 Å². The van der Waals surface area contributed by atoms with Crippen molar-refractivity contribution in [1.82, 2.24) is 4.90 Å². The summed E-state index contributed by atoms with van der Waals surface area (Å²) < 4.78 is 0. The highest BCUT2D eigenvalue weighted by atomic mass is 35.5. The van der Waals surface area contributed by atoms with E-state index in [1.165, 1.54) is 0 Å². The zero-order valence-electron chi connectivity index (χ0n) is 12.3. The number of halogens is 1. The molecule has 2 rings (SSSR count). The van der Waals surface area contributed by atoms with Gasteiger partial charge < -0.3 is 10.6 Å². The average Bonchev–Trinajstić information content (AvgIpc) is 2.63. The van der Waals surface area contributed by atoms with Crippen LogP contribution < -0.4 is 5.73 Å². The van der Waals surface area contributed by atoms with Gasteiger partial charge in [-0.25, -0.2) is 0 Å². The average molecular weight is 325 g/mol. The first-order chi connectivity index (χ1) is 10.0. The van der Waals surface area contributed by atoms with Crippen molar-refractivity contribution in [3.8, 4) is 0 Å². The van der Waals surface area contributed by atoms with Crippen LogP contribution >= 0.6 is 23.8 Å². The fourth-order valence-electron chi connectivity index (χ4n) is 2.70. The van der Waals surface area contributed by atoms with Gasteiger partial charge in [-0.05, 0) is 30.4 Å². The highest BCUT2D eigenvalue weighted by molar-refractivity contribution is 7.80. The third-order valence-electron chi connectivity index (χ3n) is 4.20. The molecular weight excluding hydrogens is 304 g/mol. The van der Waals surface area contributed by atoms with Crippen molar-refractivity contribution in [2.24, 2.45) is 11.7 Å². The van der Waals surface area contributed by atoms with Crippen LogP contribution in [0.5, 0.6) is 0 Å². The first-order valence-electron chi connectivity index (χ1n) is 7.37. The van der Waals surface area contributed by atoms with Crippen LogP contribution in [0.4, 0.5) is 0 Å². The maximum atomic E-state index is 12.2. The molecule has 1 aromatic carbocycles. The van der Waals surface area contributed by atoms with Crippen LogP contribution in [0.3, 0.4) is 0 Å². The first kappa shape index (κ1) is 16.2. The number of amides is 1. The topological polar surface area (TPSA) is 46.3 Å². The van der Waals surface area contributed by atoms with Gasteiger partial charge in [-0.3, -0.25) is 4.79 Å². The Morgan fingerprint density at radius 1 is 1.48 bits per heavy atom. The van der Waals surface area contributed by atoms with E-state index in [1.807, 2.05) is 17.0 Å². The lowest BCUT2D eigenvalue weighted by Crippen LogP contribution is -2.30. The second kappa shape index (κ2) is 7.23. The van der Waals surface area contributed by atoms with Gasteiger partial charge >= 0.3 is 0 Å². The maximum Gasteiger partial charge on any atom is 0.222 e. The minimum absolute atomic E-state index is 0.223. The summed E-state index contributed by atoms with van der Waals surface area (Å²) in [5.41, 5.74) is 7.30. The Balaban J connectivity index is 2.10. The van der Waals surface area contributed by atoms with E-state index >= 15 is 0 Å². The number of likely N-dealkylation sites (tertiary alicyclic amines) is 1. The molecule has 0 saturated carbocycles. The number of hydrogen-bond donors (Lipinski definition) is 1. The molecule has 1 unspecified atom stereocenters. The lowest BCUT2D eigenvalue weighted by molar-refractivity contribution is -0.131. The van der Waals surface area contributed by atoms with E-state index in [-0.39, 0.29) is 5.91 Å². The van der Waals surface area contributed by atoms with E-state index in [9.17, 15) is 4.79 Å². The molecule has 1 heterocycles. The smallest absolute Gasteiger partial charge is 0.222 e. The van der Waals surface area contributed by atoms with Gasteiger partial charge in [0.05, 0.1) is 0 Å². The lowest BCUT2D eigenvalue weighted by atomic mass is 9.98. The van der Waals surface area contributed by atoms with Crippen LogP contribution in [0.15, 0.2) is 18.2 Å². The van der Waals surface area contributed by atoms with Crippen LogP contribution in [-0.4, -0.2) is 22.3 Å². The molecule has 1 aromatic rings. The third-order valence-corrected chi connectivity index (χ3v) is 4.79. The summed E-state index contributed by atoms with van der Waals surface area (Å²) in [7, 11) is 0. The molecule has 3 nitrogen and oxygen atoms in total. The number of benzene rings is 1. The Labute approximate surface area is 136 Å². The summed E-state index contributed by atoms with van der Waals surface area (Å²) >= 11 is 11.2. The maximum absolute atomic E-state index is 12.2. The molecule has 5 heteroatoms. The number of nitrogens with zero attached hydrogens (tertiary/aromatic N) is 1. The molecule has 0 bridgehead atoms. The van der Waals surface area contributed by atoms with E-state index in [2.05, 4.69) is 6.92 Å². The highest BCUT2D eigenvalue weighted by Gasteiger charge is 2.22. The third kappa shape index (κ3) is 4.17. The molecule has 114 valence electrons. The Hall–Kier alpha value is -1.13. The molecule has 0 aliphatic carbocycles. The van der Waals surface area contributed by atoms with Crippen molar-refractivity contribution in [2.45, 2.75) is 39.2 Å². The molecule has 1 aliphatic rings. The van der Waals surface area contributed by atoms with Crippen molar-refractivity contribution in [1.29, 1.82) is 0 Å². The predicted molar refractivity (Wildman–Crippen MR) is 90.4 cm³/mol. The summed E-state index contributed by atoms with van der Waals surface area (Å²) in [5, 5.41) is 0.615. The van der Waals surface area contributed by atoms with Crippen LogP contribution in [0, 0.1) is 5.92 Å². The highest BCUT2D eigenvalue weighted by Crippen LogP contribution is 2.25. The molecule has 21 heavy (non-hydrogen) atoms. The molecule has 1 fully saturated rings. The number of rotatable bonds is 4. The van der Waals surface area contributed by atoms with Crippen molar-refractivity contribution in [3.63, 3.8) is 0 Å². The van der Waals surface area contributed by atoms with E-state index in [0.29, 0.717) is 28.9 Å². The standard InChI is InChI=1S/C16H21ClN2OS/c1-2-11-3-6-15(20)19(8-7-11)10-13-5-4-12(16(18)21)9-14(13)17/h4-5,9,11H,2-3,6-8,10H2,1H3,(H2,18,21). The Bertz CT molecular complexity index is 547. The van der Waals surface area contributed by atoms with Crippen LogP contribution in [0.1, 0.15) is 43.7 Å². The largest absolute Gasteiger partial charge is 0.389 e. The summed E-state index contributed by atoms with van der Waals surface area (Å²) in [4.78, 5) is 14.5. The second-order valence-electron chi connectivity index (χ2n) is 5.59. The van der Waals surface area contributed by atoms with Gasteiger partial charge in [-0.15, -0.1) is 0 Å². The minimum Gasteiger partial charge on any atom is -0.389 e. The summed E-state index contributed by atoms with van der Waals surface area (Å²) in [5.74, 6) is 0.881. The van der Waals surface area contributed by atoms with Gasteiger partial charge in [0.2, 0.25) is 5.91 Å². The molecule has 0 radical (unpaired) electrons. The zero-order chi connectivity index (χ0) is 15.4. The van der Waals surface area contributed by atoms with Crippen molar-refractivity contribution < 1.29 is 4.79 Å². The van der Waals surface area contributed by atoms with E-state index in [1.54, 1.807) is 6.07 Å². The lowest BCUT2D eigenvalue weighted by Gasteiger charge is -2.21. The molecule has 1 aliphatic heterocycles. The number of carbonyl (C=O) groups is 1. The zero-order valence-corrected chi connectivity index (χ0v) is 13.8. The molecular formula is C16H21ClN2OS. The Morgan fingerprint density at radius 2 is 2.24 bits per heavy atom. The number of nitrogens with two attached hydrogens (primary N) is 1. The quantitative estimate of drug-likeness (QED) is 0.862. The first-order valence-corrected chi connectivity index (χ1v) is 8.16. The molecule has 1 atom stereocenters. The number of hydrogen-bond acceptors (Lipinski definition) is 2. The van der Waals surface area contributed by atoms with Crippen LogP contribution in [-0.2, 0) is 11.3 Å². The molecule has 1 saturated heterocycles. The number of carbonyl (C=O) groups excluding carboxylic acids is 1. The van der Waals surface area contributed by atoms with Gasteiger partial charge in [0.25, 0.3) is 0 Å². The molecule has 2 N–H and O–H groups in total. The number of thiocarbonyl (C=S) groups is 1. The molecule has 0 spiro atoms. The Kier molecular flexibility index (Phi) is 5.59. The van der Waals surface area contributed by atoms with Crippen molar-refractivity contribution in [2.75, 3.05) is 6.54 Å². The summed E-state index contributed by atoms with van der Waals surface area (Å²) in [6, 6.07) is 5.55. The normalized spacial score (nSPS) is 19.4. The summed E-state index contributed by atoms with van der Waals surface area (Å²) in [6.07, 6.45) is 3.86. The van der Waals surface area contributed by atoms with Gasteiger partial charge in [-0.2, -0.15) is 0 Å². The second-order valence-corrected chi connectivity index (χ2v) is 6.43. The SMILES string of the molecule is CCC1CCC(=O)N(Cc2ccc(C(N)=S)cc2Cl)CC1. The fourth-order valence-corrected chi connectivity index (χ4v) is 3.07. The van der Waals surface area contributed by atoms with E-state index in [4.69, 9.17) is 29.6 Å². The van der Waals surface area contributed by atoms with E-state index < -0.39 is 0 Å². The van der Waals surface area contributed by atoms with Crippen molar-refractivity contribution in [3.05, 3.63) is 34.3 Å². The fraction of sp³-hybridized carbons (Fsp3) is 0.500. The van der Waals surface area contributed by atoms with Crippen LogP contribution in [0.25, 0.3) is 0 Å². The van der Waals surface area contributed by atoms with Gasteiger partial charge in [0, 0.05) is 30.1 Å². The molecule has 1 amide bonds. The van der Waals surface area contributed by atoms with Gasteiger partial charge in [0.15, 0.2) is 0 Å². The monoisotopic (exact) mass is 324 g/mol. The summed E-state index contributed by atoms with van der Waals surface area (Å²) in [6.45, 7) is 3.56. The van der Waals surface area contributed by atoms with E-state index in [0.717, 1.165) is 36.9 Å².